The summed E-state index contributed by atoms with van der Waals surface area (Å²) in [5.74, 6) is -2.98. The summed E-state index contributed by atoms with van der Waals surface area (Å²) in [4.78, 5) is 38.8. The number of benzene rings is 2. The van der Waals surface area contributed by atoms with Gasteiger partial charge in [0.15, 0.2) is 17.1 Å². The minimum atomic E-state index is -4.18. The molecule has 43 heavy (non-hydrogen) atoms. The zero-order chi connectivity index (χ0) is 31.6. The van der Waals surface area contributed by atoms with Crippen LogP contribution in [0.25, 0.3) is 0 Å². The fourth-order valence-electron chi connectivity index (χ4n) is 5.81. The number of β-amino-alcohol motifs (C(OH)–C–C–N with tert-alkyl or cyclic N) is 1. The van der Waals surface area contributed by atoms with Gasteiger partial charge in [-0.15, -0.1) is 0 Å². The smallest absolute Gasteiger partial charge is 0.408 e. The van der Waals surface area contributed by atoms with Gasteiger partial charge in [-0.25, -0.2) is 13.2 Å². The third-order valence-electron chi connectivity index (χ3n) is 8.15. The summed E-state index contributed by atoms with van der Waals surface area (Å²) in [5, 5.41) is 14.6. The van der Waals surface area contributed by atoms with Crippen molar-refractivity contribution in [3.05, 3.63) is 53.6 Å². The number of esters is 2. The minimum absolute atomic E-state index is 0.00963. The first-order valence-electron chi connectivity index (χ1n) is 13.5. The molecule has 2 aliphatic rings. The first kappa shape index (κ1) is 32.0. The number of aryl methyl sites for hydroxylation is 1. The zero-order valence-corrected chi connectivity index (χ0v) is 25.4. The topological polar surface area (TPSA) is 167 Å². The number of amides is 1. The SMILES string of the molecule is COC(=O)[C@H]1C[C@@]2(O)CN(S(=O)(=O)c3ccc(C)cc3)C[C@@]2(OC(=O)NCc2ccc(OC)c(OC)c2)C[C@H]1C(=O)OC. The van der Waals surface area contributed by atoms with Crippen LogP contribution in [-0.4, -0.2) is 88.6 Å². The largest absolute Gasteiger partial charge is 0.493 e. The molecule has 1 heterocycles. The van der Waals surface area contributed by atoms with Gasteiger partial charge < -0.3 is 34.1 Å². The maximum atomic E-state index is 13.7. The van der Waals surface area contributed by atoms with Crippen LogP contribution in [0.15, 0.2) is 47.4 Å². The fourth-order valence-corrected chi connectivity index (χ4v) is 7.35. The number of alkyl carbamates (subject to hydrolysis) is 1. The van der Waals surface area contributed by atoms with Gasteiger partial charge in [0.2, 0.25) is 10.0 Å². The Kier molecular flexibility index (Phi) is 9.23. The molecule has 1 amide bonds. The molecule has 14 heteroatoms. The number of rotatable bonds is 9. The van der Waals surface area contributed by atoms with E-state index in [1.807, 2.05) is 6.92 Å². The summed E-state index contributed by atoms with van der Waals surface area (Å²) in [6, 6.07) is 11.2. The van der Waals surface area contributed by atoms with Gasteiger partial charge in [0.05, 0.1) is 51.7 Å². The van der Waals surface area contributed by atoms with E-state index in [-0.39, 0.29) is 17.9 Å². The molecule has 2 aromatic rings. The van der Waals surface area contributed by atoms with Crippen LogP contribution in [0.2, 0.25) is 0 Å². The molecule has 2 aromatic carbocycles. The van der Waals surface area contributed by atoms with E-state index in [4.69, 9.17) is 23.7 Å². The number of methoxy groups -OCH3 is 4. The van der Waals surface area contributed by atoms with E-state index in [9.17, 15) is 27.9 Å². The van der Waals surface area contributed by atoms with E-state index in [0.29, 0.717) is 17.1 Å². The van der Waals surface area contributed by atoms with Gasteiger partial charge in [-0.3, -0.25) is 9.59 Å². The average Bonchev–Trinajstić information content (AvgIpc) is 3.30. The van der Waals surface area contributed by atoms with Crippen LogP contribution in [0.1, 0.15) is 24.0 Å². The van der Waals surface area contributed by atoms with Crippen molar-refractivity contribution >= 4 is 28.1 Å². The lowest BCUT2D eigenvalue weighted by molar-refractivity contribution is -0.192. The lowest BCUT2D eigenvalue weighted by atomic mass is 9.64. The Balaban J connectivity index is 1.67. The molecule has 0 bridgehead atoms. The predicted molar refractivity (Wildman–Crippen MR) is 151 cm³/mol. The third kappa shape index (κ3) is 6.12. The summed E-state index contributed by atoms with van der Waals surface area (Å²) in [6.45, 7) is 0.843. The number of sulfonamides is 1. The van der Waals surface area contributed by atoms with Gasteiger partial charge in [0, 0.05) is 19.5 Å². The van der Waals surface area contributed by atoms with E-state index in [0.717, 1.165) is 24.1 Å². The molecular weight excluding hydrogens is 584 g/mol. The summed E-state index contributed by atoms with van der Waals surface area (Å²) in [6.07, 6.45) is -1.77. The second-order valence-electron chi connectivity index (χ2n) is 10.7. The normalized spacial score (nSPS) is 25.3. The van der Waals surface area contributed by atoms with Crippen molar-refractivity contribution in [3.8, 4) is 11.5 Å². The Labute approximate surface area is 250 Å². The fraction of sp³-hybridized carbons (Fsp3) is 0.483. The van der Waals surface area contributed by atoms with Crippen LogP contribution in [-0.2, 0) is 40.4 Å². The molecule has 2 fully saturated rings. The number of nitrogens with one attached hydrogen (secondary N) is 1. The Hall–Kier alpha value is -3.88. The molecule has 13 nitrogen and oxygen atoms in total. The van der Waals surface area contributed by atoms with Crippen molar-refractivity contribution in [1.29, 1.82) is 0 Å². The molecule has 1 aliphatic heterocycles. The first-order chi connectivity index (χ1) is 20.3. The summed E-state index contributed by atoms with van der Waals surface area (Å²) in [7, 11) is 1.07. The van der Waals surface area contributed by atoms with Gasteiger partial charge in [0.1, 0.15) is 5.60 Å². The van der Waals surface area contributed by atoms with Crippen LogP contribution in [0.3, 0.4) is 0 Å². The maximum absolute atomic E-state index is 13.7. The highest BCUT2D eigenvalue weighted by Gasteiger charge is 2.68. The second-order valence-corrected chi connectivity index (χ2v) is 12.6. The van der Waals surface area contributed by atoms with Gasteiger partial charge in [-0.2, -0.15) is 4.31 Å². The summed E-state index contributed by atoms with van der Waals surface area (Å²) >= 11 is 0. The van der Waals surface area contributed by atoms with Gasteiger partial charge in [0.25, 0.3) is 0 Å². The highest BCUT2D eigenvalue weighted by molar-refractivity contribution is 7.89. The van der Waals surface area contributed by atoms with Crippen LogP contribution >= 0.6 is 0 Å². The maximum Gasteiger partial charge on any atom is 0.408 e. The molecule has 2 N–H and O–H groups in total. The van der Waals surface area contributed by atoms with Crippen molar-refractivity contribution in [3.63, 3.8) is 0 Å². The highest BCUT2D eigenvalue weighted by Crippen LogP contribution is 2.51. The monoisotopic (exact) mass is 620 g/mol. The van der Waals surface area contributed by atoms with Crippen molar-refractivity contribution in [2.24, 2.45) is 11.8 Å². The second kappa shape index (κ2) is 12.4. The molecular formula is C29H36N2O11S. The molecule has 0 aromatic heterocycles. The van der Waals surface area contributed by atoms with Crippen LogP contribution in [0.4, 0.5) is 4.79 Å². The first-order valence-corrected chi connectivity index (χ1v) is 14.9. The number of fused-ring (bicyclic) bond motifs is 1. The Morgan fingerprint density at radius 3 is 2.09 bits per heavy atom. The lowest BCUT2D eigenvalue weighted by Gasteiger charge is -2.48. The van der Waals surface area contributed by atoms with E-state index in [1.165, 1.54) is 26.4 Å². The number of nitrogens with zero attached hydrogens (tertiary/aromatic N) is 1. The molecule has 0 spiro atoms. The Morgan fingerprint density at radius 1 is 0.907 bits per heavy atom. The number of ether oxygens (including phenoxy) is 5. The van der Waals surface area contributed by atoms with E-state index in [2.05, 4.69) is 5.32 Å². The average molecular weight is 621 g/mol. The molecule has 4 atom stereocenters. The molecule has 0 radical (unpaired) electrons. The van der Waals surface area contributed by atoms with Crippen LogP contribution in [0, 0.1) is 18.8 Å². The highest BCUT2D eigenvalue weighted by atomic mass is 32.2. The third-order valence-corrected chi connectivity index (χ3v) is 9.96. The molecule has 1 saturated carbocycles. The van der Waals surface area contributed by atoms with Gasteiger partial charge >= 0.3 is 18.0 Å². The van der Waals surface area contributed by atoms with E-state index < -0.39 is 70.6 Å². The summed E-state index contributed by atoms with van der Waals surface area (Å²) in [5.41, 5.74) is -2.47. The Bertz CT molecular complexity index is 1480. The van der Waals surface area contributed by atoms with E-state index >= 15 is 0 Å². The molecule has 1 aliphatic carbocycles. The van der Waals surface area contributed by atoms with Gasteiger partial charge in [-0.05, 0) is 43.2 Å². The zero-order valence-electron chi connectivity index (χ0n) is 24.6. The number of aliphatic hydroxyl groups is 1. The van der Waals surface area contributed by atoms with Crippen LogP contribution in [0.5, 0.6) is 11.5 Å². The Morgan fingerprint density at radius 2 is 1.51 bits per heavy atom. The van der Waals surface area contributed by atoms with Crippen molar-refractivity contribution in [1.82, 2.24) is 9.62 Å². The number of hydrogen-bond acceptors (Lipinski definition) is 11. The van der Waals surface area contributed by atoms with Crippen LogP contribution < -0.4 is 14.8 Å². The summed E-state index contributed by atoms with van der Waals surface area (Å²) < 4.78 is 54.6. The number of hydrogen-bond donors (Lipinski definition) is 2. The standard InChI is InChI=1S/C29H36N2O11S/c1-18-6-9-20(10-7-18)43(36,37)31-16-28(35)13-21(25(32)40-4)22(26(33)41-5)14-29(28,17-31)42-27(34)30-15-19-8-11-23(38-2)24(12-19)39-3/h6-12,21-22,35H,13-17H2,1-5H3,(H,30,34)/t21-,22+,28+,29-/m0/s1. The van der Waals surface area contributed by atoms with Gasteiger partial charge in [-0.1, -0.05) is 23.8 Å². The molecule has 1 saturated heterocycles. The predicted octanol–water partition coefficient (Wildman–Crippen LogP) is 1.79. The number of carbonyl (C=O) groups excluding carboxylic acids is 3. The van der Waals surface area contributed by atoms with Crippen molar-refractivity contribution < 1.29 is 51.6 Å². The van der Waals surface area contributed by atoms with E-state index in [1.54, 1.807) is 30.3 Å². The van der Waals surface area contributed by atoms with Crippen molar-refractivity contribution in [2.75, 3.05) is 41.5 Å². The molecule has 0 unspecified atom stereocenters. The lowest BCUT2D eigenvalue weighted by Crippen LogP contribution is -2.64. The minimum Gasteiger partial charge on any atom is -0.493 e. The molecule has 234 valence electrons. The molecule has 4 rings (SSSR count). The van der Waals surface area contributed by atoms with Crippen molar-refractivity contribution in [2.45, 2.75) is 42.4 Å². The number of carbonyl (C=O) groups is 3. The quantitative estimate of drug-likeness (QED) is 0.310.